The van der Waals surface area contributed by atoms with Crippen LogP contribution in [0.25, 0.3) is 0 Å². The van der Waals surface area contributed by atoms with Gasteiger partial charge in [-0.3, -0.25) is 13.9 Å². The maximum Gasteiger partial charge on any atom is 0.264 e. The molecule has 0 unspecified atom stereocenters. The Labute approximate surface area is 279 Å². The van der Waals surface area contributed by atoms with Gasteiger partial charge in [0.1, 0.15) is 12.6 Å². The minimum absolute atomic E-state index is 0.00150. The minimum Gasteiger partial charge on any atom is -0.354 e. The number of nitrogens with zero attached hydrogens (tertiary/aromatic N) is 2. The molecule has 1 atom stereocenters. The quantitative estimate of drug-likeness (QED) is 0.160. The molecule has 0 aliphatic rings. The van der Waals surface area contributed by atoms with Crippen molar-refractivity contribution < 1.29 is 18.0 Å². The molecule has 0 aliphatic carbocycles. The van der Waals surface area contributed by atoms with Gasteiger partial charge in [0.15, 0.2) is 0 Å². The van der Waals surface area contributed by atoms with Crippen molar-refractivity contribution in [1.82, 2.24) is 10.2 Å². The average Bonchev–Trinajstić information content (AvgIpc) is 3.03. The first-order valence-electron chi connectivity index (χ1n) is 14.4. The van der Waals surface area contributed by atoms with Crippen molar-refractivity contribution in [2.45, 2.75) is 44.2 Å². The lowest BCUT2D eigenvalue weighted by atomic mass is 10.0. The summed E-state index contributed by atoms with van der Waals surface area (Å²) in [5.41, 5.74) is 2.46. The summed E-state index contributed by atoms with van der Waals surface area (Å²) in [4.78, 5) is 29.6. The van der Waals surface area contributed by atoms with Crippen molar-refractivity contribution >= 4 is 62.3 Å². The standard InChI is InChI=1S/C34H34Cl3N3O4S/c1-3-19-38-34(42)32(21-25-9-5-4-6-10-25)39(22-26-15-18-28(35)30(37)20-26)33(41)23-40(31-12-8-7-11-29(31)36)45(43,44)27-16-13-24(2)14-17-27/h4-18,20,32H,3,19,21-23H2,1-2H3,(H,38,42)/t32-/m0/s1. The molecule has 0 aliphatic heterocycles. The smallest absolute Gasteiger partial charge is 0.264 e. The van der Waals surface area contributed by atoms with Crippen LogP contribution in [0, 0.1) is 6.92 Å². The highest BCUT2D eigenvalue weighted by Gasteiger charge is 2.35. The molecule has 0 saturated heterocycles. The molecule has 0 radical (unpaired) electrons. The summed E-state index contributed by atoms with van der Waals surface area (Å²) in [6, 6.07) is 26.1. The number of amides is 2. The number of para-hydroxylation sites is 1. The first-order chi connectivity index (χ1) is 21.5. The molecule has 11 heteroatoms. The van der Waals surface area contributed by atoms with Gasteiger partial charge in [-0.1, -0.05) is 108 Å². The van der Waals surface area contributed by atoms with Gasteiger partial charge in [-0.15, -0.1) is 0 Å². The molecule has 1 N–H and O–H groups in total. The zero-order chi connectivity index (χ0) is 32.6. The number of anilines is 1. The van der Waals surface area contributed by atoms with Crippen LogP contribution in [0.1, 0.15) is 30.0 Å². The number of carbonyl (C=O) groups excluding carboxylic acids is 2. The molecule has 0 saturated carbocycles. The molecule has 4 aromatic rings. The lowest BCUT2D eigenvalue weighted by molar-refractivity contribution is -0.140. The normalized spacial score (nSPS) is 11.9. The molecule has 4 aromatic carbocycles. The number of aryl methyl sites for hydroxylation is 1. The van der Waals surface area contributed by atoms with E-state index in [0.29, 0.717) is 23.6 Å². The van der Waals surface area contributed by atoms with Crippen molar-refractivity contribution in [3.8, 4) is 0 Å². The van der Waals surface area contributed by atoms with E-state index in [4.69, 9.17) is 34.8 Å². The van der Waals surface area contributed by atoms with Crippen LogP contribution in [-0.4, -0.2) is 44.3 Å². The van der Waals surface area contributed by atoms with E-state index in [9.17, 15) is 18.0 Å². The highest BCUT2D eigenvalue weighted by Crippen LogP contribution is 2.31. The van der Waals surface area contributed by atoms with E-state index in [0.717, 1.165) is 15.4 Å². The Kier molecular flexibility index (Phi) is 11.9. The summed E-state index contributed by atoms with van der Waals surface area (Å²) in [5.74, 6) is -0.968. The van der Waals surface area contributed by atoms with E-state index in [1.165, 1.54) is 17.0 Å². The Bertz CT molecular complexity index is 1740. The highest BCUT2D eigenvalue weighted by atomic mass is 35.5. The molecule has 0 aromatic heterocycles. The predicted molar refractivity (Wildman–Crippen MR) is 181 cm³/mol. The second kappa shape index (κ2) is 15.6. The minimum atomic E-state index is -4.26. The molecule has 4 rings (SSSR count). The van der Waals surface area contributed by atoms with Gasteiger partial charge in [-0.2, -0.15) is 0 Å². The zero-order valence-corrected chi connectivity index (χ0v) is 28.0. The van der Waals surface area contributed by atoms with Crippen LogP contribution in [0.3, 0.4) is 0 Å². The first-order valence-corrected chi connectivity index (χ1v) is 17.0. The Morgan fingerprint density at radius 1 is 0.800 bits per heavy atom. The van der Waals surface area contributed by atoms with Gasteiger partial charge in [-0.25, -0.2) is 8.42 Å². The van der Waals surface area contributed by atoms with Crippen molar-refractivity contribution in [1.29, 1.82) is 0 Å². The van der Waals surface area contributed by atoms with E-state index in [1.807, 2.05) is 44.2 Å². The van der Waals surface area contributed by atoms with E-state index < -0.39 is 28.5 Å². The lowest BCUT2D eigenvalue weighted by Gasteiger charge is -2.34. The van der Waals surface area contributed by atoms with Crippen LogP contribution >= 0.6 is 34.8 Å². The first kappa shape index (κ1) is 34.3. The van der Waals surface area contributed by atoms with Crippen molar-refractivity contribution in [2.75, 3.05) is 17.4 Å². The lowest BCUT2D eigenvalue weighted by Crippen LogP contribution is -2.53. The maximum absolute atomic E-state index is 14.5. The Balaban J connectivity index is 1.82. The molecule has 236 valence electrons. The summed E-state index contributed by atoms with van der Waals surface area (Å²) in [6.07, 6.45) is 0.889. The van der Waals surface area contributed by atoms with E-state index in [2.05, 4.69) is 5.32 Å². The number of nitrogens with one attached hydrogen (secondary N) is 1. The monoisotopic (exact) mass is 685 g/mol. The molecule has 7 nitrogen and oxygen atoms in total. The average molecular weight is 687 g/mol. The van der Waals surface area contributed by atoms with Gasteiger partial charge >= 0.3 is 0 Å². The predicted octanol–water partition coefficient (Wildman–Crippen LogP) is 7.32. The van der Waals surface area contributed by atoms with Crippen molar-refractivity contribution in [3.63, 3.8) is 0 Å². The number of rotatable bonds is 13. The van der Waals surface area contributed by atoms with Gasteiger partial charge in [0, 0.05) is 19.5 Å². The molecular weight excluding hydrogens is 653 g/mol. The van der Waals surface area contributed by atoms with Crippen molar-refractivity contribution in [3.05, 3.63) is 129 Å². The third-order valence-corrected chi connectivity index (χ3v) is 10.00. The highest BCUT2D eigenvalue weighted by molar-refractivity contribution is 7.92. The number of halogens is 3. The van der Waals surface area contributed by atoms with E-state index >= 15 is 0 Å². The molecule has 0 spiro atoms. The largest absolute Gasteiger partial charge is 0.354 e. The molecule has 45 heavy (non-hydrogen) atoms. The second-order valence-electron chi connectivity index (χ2n) is 10.5. The van der Waals surface area contributed by atoms with Gasteiger partial charge in [-0.05, 0) is 60.9 Å². The summed E-state index contributed by atoms with van der Waals surface area (Å²) >= 11 is 19.0. The number of carbonyl (C=O) groups is 2. The second-order valence-corrected chi connectivity index (χ2v) is 13.6. The number of benzene rings is 4. The molecular formula is C34H34Cl3N3O4S. The van der Waals surface area contributed by atoms with Crippen LogP contribution in [0.5, 0.6) is 0 Å². The molecule has 0 heterocycles. The van der Waals surface area contributed by atoms with Gasteiger partial charge in [0.25, 0.3) is 10.0 Å². The van der Waals surface area contributed by atoms with Gasteiger partial charge in [0.2, 0.25) is 11.8 Å². The summed E-state index contributed by atoms with van der Waals surface area (Å²) in [6.45, 7) is 3.54. The third-order valence-electron chi connectivity index (χ3n) is 7.17. The van der Waals surface area contributed by atoms with Crippen LogP contribution in [-0.2, 0) is 32.6 Å². The van der Waals surface area contributed by atoms with Crippen LogP contribution < -0.4 is 9.62 Å². The molecule has 0 bridgehead atoms. The summed E-state index contributed by atoms with van der Waals surface area (Å²) in [7, 11) is -4.26. The summed E-state index contributed by atoms with van der Waals surface area (Å²) in [5, 5.41) is 3.70. The SMILES string of the molecule is CCCNC(=O)[C@H](Cc1ccccc1)N(Cc1ccc(Cl)c(Cl)c1)C(=O)CN(c1ccccc1Cl)S(=O)(=O)c1ccc(C)cc1. The van der Waals surface area contributed by atoms with E-state index in [-0.39, 0.29) is 39.5 Å². The topological polar surface area (TPSA) is 86.8 Å². The van der Waals surface area contributed by atoms with Gasteiger partial charge in [0.05, 0.1) is 25.7 Å². The van der Waals surface area contributed by atoms with Crippen LogP contribution in [0.2, 0.25) is 15.1 Å². The summed E-state index contributed by atoms with van der Waals surface area (Å²) < 4.78 is 29.2. The third kappa shape index (κ3) is 8.79. The van der Waals surface area contributed by atoms with Gasteiger partial charge < -0.3 is 10.2 Å². The Morgan fingerprint density at radius 3 is 2.11 bits per heavy atom. The van der Waals surface area contributed by atoms with Crippen LogP contribution in [0.15, 0.2) is 102 Å². The number of sulfonamides is 1. The molecule has 2 amide bonds. The van der Waals surface area contributed by atoms with Crippen LogP contribution in [0.4, 0.5) is 5.69 Å². The Hall–Kier alpha value is -3.56. The number of hydrogen-bond acceptors (Lipinski definition) is 4. The number of hydrogen-bond donors (Lipinski definition) is 1. The fourth-order valence-electron chi connectivity index (χ4n) is 4.76. The zero-order valence-electron chi connectivity index (χ0n) is 24.9. The maximum atomic E-state index is 14.5. The fraction of sp³-hybridized carbons (Fsp3) is 0.235. The fourth-order valence-corrected chi connectivity index (χ4v) is 6.80. The van der Waals surface area contributed by atoms with E-state index in [1.54, 1.807) is 54.6 Å². The molecule has 0 fully saturated rings. The Morgan fingerprint density at radius 2 is 1.47 bits per heavy atom. The van der Waals surface area contributed by atoms with Crippen molar-refractivity contribution in [2.24, 2.45) is 0 Å².